The first-order valence-corrected chi connectivity index (χ1v) is 7.07. The van der Waals surface area contributed by atoms with Gasteiger partial charge in [0.05, 0.1) is 9.82 Å². The SMILES string of the molecule is O=[N+]([O-])c1ccc(S(=O)(=O)NCCc2ncno2)cc1F. The Morgan fingerprint density at radius 3 is 2.76 bits per heavy atom. The number of nitro benzene ring substituents is 1. The minimum atomic E-state index is -3.98. The van der Waals surface area contributed by atoms with Gasteiger partial charge in [-0.3, -0.25) is 10.1 Å². The van der Waals surface area contributed by atoms with E-state index >= 15 is 0 Å². The van der Waals surface area contributed by atoms with E-state index in [0.29, 0.717) is 6.07 Å². The normalized spacial score (nSPS) is 11.5. The van der Waals surface area contributed by atoms with Crippen molar-refractivity contribution in [1.82, 2.24) is 14.9 Å². The van der Waals surface area contributed by atoms with Crippen molar-refractivity contribution in [3.8, 4) is 0 Å². The van der Waals surface area contributed by atoms with Crippen LogP contribution in [0.15, 0.2) is 33.9 Å². The average molecular weight is 316 g/mol. The zero-order valence-electron chi connectivity index (χ0n) is 10.4. The molecule has 1 aromatic heterocycles. The third-order valence-corrected chi connectivity index (χ3v) is 3.92. The van der Waals surface area contributed by atoms with Crippen molar-refractivity contribution in [2.75, 3.05) is 6.54 Å². The molecule has 11 heteroatoms. The molecule has 112 valence electrons. The van der Waals surface area contributed by atoms with Crippen LogP contribution in [0, 0.1) is 15.9 Å². The van der Waals surface area contributed by atoms with Crippen LogP contribution in [0.2, 0.25) is 0 Å². The van der Waals surface area contributed by atoms with Crippen molar-refractivity contribution in [2.24, 2.45) is 0 Å². The molecule has 1 N–H and O–H groups in total. The van der Waals surface area contributed by atoms with E-state index in [9.17, 15) is 22.9 Å². The number of rotatable bonds is 6. The third-order valence-electron chi connectivity index (χ3n) is 2.46. The van der Waals surface area contributed by atoms with Crippen LogP contribution in [0.5, 0.6) is 0 Å². The highest BCUT2D eigenvalue weighted by Crippen LogP contribution is 2.20. The summed E-state index contributed by atoms with van der Waals surface area (Å²) in [5.74, 6) is -0.979. The van der Waals surface area contributed by atoms with Gasteiger partial charge in [-0.2, -0.15) is 9.37 Å². The molecule has 1 heterocycles. The fourth-order valence-electron chi connectivity index (χ4n) is 1.48. The smallest absolute Gasteiger partial charge is 0.304 e. The third kappa shape index (κ3) is 3.58. The maximum Gasteiger partial charge on any atom is 0.304 e. The van der Waals surface area contributed by atoms with Crippen LogP contribution in [0.1, 0.15) is 5.89 Å². The summed E-state index contributed by atoms with van der Waals surface area (Å²) in [5, 5.41) is 13.8. The van der Waals surface area contributed by atoms with E-state index in [-0.39, 0.29) is 18.9 Å². The first kappa shape index (κ1) is 15.0. The van der Waals surface area contributed by atoms with Gasteiger partial charge in [-0.05, 0) is 6.07 Å². The van der Waals surface area contributed by atoms with Gasteiger partial charge >= 0.3 is 5.69 Å². The second-order valence-electron chi connectivity index (χ2n) is 3.85. The summed E-state index contributed by atoms with van der Waals surface area (Å²) in [5.41, 5.74) is -0.792. The monoisotopic (exact) mass is 316 g/mol. The summed E-state index contributed by atoms with van der Waals surface area (Å²) in [6.45, 7) is -0.0386. The maximum atomic E-state index is 13.4. The molecule has 0 fully saturated rings. The first-order chi connectivity index (χ1) is 9.90. The zero-order valence-corrected chi connectivity index (χ0v) is 11.2. The Kier molecular flexibility index (Phi) is 4.23. The number of halogens is 1. The van der Waals surface area contributed by atoms with E-state index in [0.717, 1.165) is 12.1 Å². The number of nitrogens with one attached hydrogen (secondary N) is 1. The molecule has 2 rings (SSSR count). The Hall–Kier alpha value is -2.40. The Bertz CT molecular complexity index is 747. The molecular formula is C10H9FN4O5S. The Morgan fingerprint density at radius 1 is 1.43 bits per heavy atom. The molecule has 0 radical (unpaired) electrons. The summed E-state index contributed by atoms with van der Waals surface area (Å²) in [7, 11) is -3.98. The van der Waals surface area contributed by atoms with Crippen molar-refractivity contribution in [3.05, 3.63) is 46.3 Å². The maximum absolute atomic E-state index is 13.4. The molecule has 0 aliphatic rings. The van der Waals surface area contributed by atoms with E-state index < -0.39 is 31.3 Å². The van der Waals surface area contributed by atoms with Gasteiger partial charge in [-0.25, -0.2) is 13.1 Å². The predicted octanol–water partition coefficient (Wildman–Crippen LogP) is 0.638. The van der Waals surface area contributed by atoms with E-state index in [1.807, 2.05) is 0 Å². The lowest BCUT2D eigenvalue weighted by atomic mass is 10.3. The molecule has 0 spiro atoms. The van der Waals surface area contributed by atoms with Crippen LogP contribution in [0.4, 0.5) is 10.1 Å². The molecule has 0 atom stereocenters. The Morgan fingerprint density at radius 2 is 2.19 bits per heavy atom. The quantitative estimate of drug-likeness (QED) is 0.611. The molecule has 0 aliphatic carbocycles. The highest BCUT2D eigenvalue weighted by molar-refractivity contribution is 7.89. The summed E-state index contributed by atoms with van der Waals surface area (Å²) >= 11 is 0. The van der Waals surface area contributed by atoms with Gasteiger partial charge in [-0.15, -0.1) is 0 Å². The molecular weight excluding hydrogens is 307 g/mol. The summed E-state index contributed by atoms with van der Waals surface area (Å²) in [4.78, 5) is 12.8. The van der Waals surface area contributed by atoms with Crippen LogP contribution in [-0.4, -0.2) is 30.0 Å². The molecule has 0 bridgehead atoms. The number of hydrogen-bond donors (Lipinski definition) is 1. The molecule has 0 aliphatic heterocycles. The number of nitro groups is 1. The molecule has 1 aromatic carbocycles. The van der Waals surface area contributed by atoms with Crippen LogP contribution in [0.3, 0.4) is 0 Å². The average Bonchev–Trinajstić information content (AvgIpc) is 2.91. The van der Waals surface area contributed by atoms with Crippen molar-refractivity contribution < 1.29 is 22.3 Å². The van der Waals surface area contributed by atoms with Crippen LogP contribution < -0.4 is 4.72 Å². The second-order valence-corrected chi connectivity index (χ2v) is 5.62. The van der Waals surface area contributed by atoms with Gasteiger partial charge in [0.2, 0.25) is 21.7 Å². The summed E-state index contributed by atoms with van der Waals surface area (Å²) in [6.07, 6.45) is 1.34. The minimum absolute atomic E-state index is 0.0386. The molecule has 0 saturated carbocycles. The highest BCUT2D eigenvalue weighted by Gasteiger charge is 2.20. The van der Waals surface area contributed by atoms with Gasteiger partial charge in [0.25, 0.3) is 0 Å². The lowest BCUT2D eigenvalue weighted by molar-refractivity contribution is -0.387. The fourth-order valence-corrected chi connectivity index (χ4v) is 2.53. The number of hydrogen-bond acceptors (Lipinski definition) is 7. The van der Waals surface area contributed by atoms with Crippen molar-refractivity contribution >= 4 is 15.7 Å². The van der Waals surface area contributed by atoms with E-state index in [2.05, 4.69) is 19.4 Å². The largest absolute Gasteiger partial charge is 0.340 e. The summed E-state index contributed by atoms with van der Waals surface area (Å²) in [6, 6.07) is 2.34. The van der Waals surface area contributed by atoms with E-state index in [1.54, 1.807) is 0 Å². The van der Waals surface area contributed by atoms with E-state index in [1.165, 1.54) is 6.33 Å². The van der Waals surface area contributed by atoms with Gasteiger partial charge < -0.3 is 4.52 Å². The van der Waals surface area contributed by atoms with Crippen molar-refractivity contribution in [1.29, 1.82) is 0 Å². The molecule has 21 heavy (non-hydrogen) atoms. The number of nitrogens with zero attached hydrogens (tertiary/aromatic N) is 3. The zero-order chi connectivity index (χ0) is 15.5. The highest BCUT2D eigenvalue weighted by atomic mass is 32.2. The molecule has 0 saturated heterocycles. The van der Waals surface area contributed by atoms with E-state index in [4.69, 9.17) is 0 Å². The second kappa shape index (κ2) is 5.93. The van der Waals surface area contributed by atoms with Crippen LogP contribution in [-0.2, 0) is 16.4 Å². The minimum Gasteiger partial charge on any atom is -0.340 e. The summed E-state index contributed by atoms with van der Waals surface area (Å²) < 4.78 is 44.1. The molecule has 2 aromatic rings. The lowest BCUT2D eigenvalue weighted by Crippen LogP contribution is -2.26. The van der Waals surface area contributed by atoms with Gasteiger partial charge in [0.1, 0.15) is 0 Å². The van der Waals surface area contributed by atoms with Crippen molar-refractivity contribution in [2.45, 2.75) is 11.3 Å². The van der Waals surface area contributed by atoms with Gasteiger partial charge in [0.15, 0.2) is 6.33 Å². The topological polar surface area (TPSA) is 128 Å². The molecule has 0 unspecified atom stereocenters. The number of benzene rings is 1. The Labute approximate surface area is 118 Å². The standard InChI is InChI=1S/C10H9FN4O5S/c11-8-5-7(1-2-9(8)15(16)17)21(18,19)14-4-3-10-12-6-13-20-10/h1-2,5-6,14H,3-4H2. The van der Waals surface area contributed by atoms with Crippen molar-refractivity contribution in [3.63, 3.8) is 0 Å². The molecule has 0 amide bonds. The van der Waals surface area contributed by atoms with Gasteiger partial charge in [-0.1, -0.05) is 5.16 Å². The first-order valence-electron chi connectivity index (χ1n) is 5.59. The van der Waals surface area contributed by atoms with Crippen LogP contribution >= 0.6 is 0 Å². The number of sulfonamides is 1. The number of aromatic nitrogens is 2. The van der Waals surface area contributed by atoms with Gasteiger partial charge in [0, 0.05) is 25.1 Å². The Balaban J connectivity index is 2.08. The lowest BCUT2D eigenvalue weighted by Gasteiger charge is -2.05. The molecule has 9 nitrogen and oxygen atoms in total. The predicted molar refractivity (Wildman–Crippen MR) is 66.2 cm³/mol. The van der Waals surface area contributed by atoms with Crippen LogP contribution in [0.25, 0.3) is 0 Å². The fraction of sp³-hybridized carbons (Fsp3) is 0.200.